The van der Waals surface area contributed by atoms with E-state index in [0.29, 0.717) is 35.6 Å². The van der Waals surface area contributed by atoms with Gasteiger partial charge in [-0.3, -0.25) is 4.79 Å². The van der Waals surface area contributed by atoms with E-state index >= 15 is 0 Å². The van der Waals surface area contributed by atoms with Crippen LogP contribution in [-0.4, -0.2) is 24.2 Å². The number of rotatable bonds is 7. The maximum absolute atomic E-state index is 12.6. The van der Waals surface area contributed by atoms with Crippen LogP contribution in [0.2, 0.25) is 0 Å². The lowest BCUT2D eigenvalue weighted by atomic mass is 10.1. The van der Waals surface area contributed by atoms with E-state index in [4.69, 9.17) is 14.2 Å². The quantitative estimate of drug-likeness (QED) is 0.543. The van der Waals surface area contributed by atoms with E-state index in [0.717, 1.165) is 10.0 Å². The number of carbonyl (C=O) groups is 1. The molecule has 1 heterocycles. The smallest absolute Gasteiger partial charge is 0.339 e. The molecule has 0 aliphatic carbocycles. The highest BCUT2D eigenvalue weighted by atomic mass is 79.9. The van der Waals surface area contributed by atoms with Crippen molar-refractivity contribution in [3.05, 3.63) is 68.4 Å². The fraction of sp³-hybridized carbons (Fsp3) is 0.238. The predicted octanol–water partition coefficient (Wildman–Crippen LogP) is 4.45. The molecule has 28 heavy (non-hydrogen) atoms. The van der Waals surface area contributed by atoms with Crippen molar-refractivity contribution in [1.82, 2.24) is 4.98 Å². The van der Waals surface area contributed by atoms with E-state index < -0.39 is 5.97 Å². The van der Waals surface area contributed by atoms with Gasteiger partial charge in [-0.15, -0.1) is 0 Å². The van der Waals surface area contributed by atoms with Gasteiger partial charge >= 0.3 is 5.97 Å². The summed E-state index contributed by atoms with van der Waals surface area (Å²) in [5, 5.41) is 0.632. The molecule has 0 aliphatic rings. The van der Waals surface area contributed by atoms with Gasteiger partial charge < -0.3 is 19.2 Å². The largest absolute Gasteiger partial charge is 0.490 e. The third kappa shape index (κ3) is 4.36. The number of H-pyrrole nitrogens is 1. The number of esters is 1. The summed E-state index contributed by atoms with van der Waals surface area (Å²) in [4.78, 5) is 27.2. The zero-order valence-electron chi connectivity index (χ0n) is 15.6. The Balaban J connectivity index is 1.85. The van der Waals surface area contributed by atoms with E-state index in [1.54, 1.807) is 36.4 Å². The minimum atomic E-state index is -0.568. The van der Waals surface area contributed by atoms with Crippen LogP contribution >= 0.6 is 15.9 Å². The lowest BCUT2D eigenvalue weighted by Crippen LogP contribution is -2.13. The summed E-state index contributed by atoms with van der Waals surface area (Å²) in [5.74, 6) is 0.633. The fourth-order valence-electron chi connectivity index (χ4n) is 2.82. The minimum Gasteiger partial charge on any atom is -0.490 e. The van der Waals surface area contributed by atoms with Crippen molar-refractivity contribution in [1.29, 1.82) is 0 Å². The average molecular weight is 446 g/mol. The molecule has 1 N–H and O–H groups in total. The van der Waals surface area contributed by atoms with Gasteiger partial charge in [0, 0.05) is 27.0 Å². The van der Waals surface area contributed by atoms with Crippen LogP contribution in [-0.2, 0) is 11.3 Å². The van der Waals surface area contributed by atoms with Crippen molar-refractivity contribution < 1.29 is 19.0 Å². The van der Waals surface area contributed by atoms with Crippen molar-refractivity contribution >= 4 is 32.8 Å². The number of aromatic amines is 1. The van der Waals surface area contributed by atoms with Gasteiger partial charge in [-0.2, -0.15) is 0 Å². The van der Waals surface area contributed by atoms with Crippen LogP contribution in [0, 0.1) is 0 Å². The van der Waals surface area contributed by atoms with E-state index in [2.05, 4.69) is 20.9 Å². The standard InChI is InChI=1S/C21H20BrNO5/c1-3-26-18-9-13(16(22)11-19(18)27-4-2)12-28-21(25)15-10-20(24)23-17-8-6-5-7-14(15)17/h5-11H,3-4,12H2,1-2H3,(H,23,24). The molecule has 0 amide bonds. The molecule has 0 unspecified atom stereocenters. The van der Waals surface area contributed by atoms with Gasteiger partial charge in [-0.1, -0.05) is 34.1 Å². The van der Waals surface area contributed by atoms with Crippen molar-refractivity contribution in [3.63, 3.8) is 0 Å². The molecule has 0 fully saturated rings. The highest BCUT2D eigenvalue weighted by Gasteiger charge is 2.16. The molecule has 0 bridgehead atoms. The van der Waals surface area contributed by atoms with Gasteiger partial charge in [-0.25, -0.2) is 4.79 Å². The molecule has 0 saturated heterocycles. The average Bonchev–Trinajstić information content (AvgIpc) is 2.68. The molecule has 0 atom stereocenters. The molecule has 146 valence electrons. The number of hydrogen-bond acceptors (Lipinski definition) is 5. The Morgan fingerprint density at radius 3 is 2.43 bits per heavy atom. The molecular formula is C21H20BrNO5. The topological polar surface area (TPSA) is 77.6 Å². The van der Waals surface area contributed by atoms with Crippen LogP contribution in [0.3, 0.4) is 0 Å². The SMILES string of the molecule is CCOc1cc(Br)c(COC(=O)c2cc(=O)[nH]c3ccccc23)cc1OCC. The van der Waals surface area contributed by atoms with Gasteiger partial charge in [0.15, 0.2) is 11.5 Å². The number of carbonyl (C=O) groups excluding carboxylic acids is 1. The van der Waals surface area contributed by atoms with Gasteiger partial charge in [0.05, 0.1) is 18.8 Å². The molecule has 0 aliphatic heterocycles. The molecule has 3 aromatic rings. The first-order valence-electron chi connectivity index (χ1n) is 8.90. The fourth-order valence-corrected chi connectivity index (χ4v) is 3.26. The number of hydrogen-bond donors (Lipinski definition) is 1. The lowest BCUT2D eigenvalue weighted by Gasteiger charge is -2.14. The molecule has 2 aromatic carbocycles. The van der Waals surface area contributed by atoms with Crippen LogP contribution < -0.4 is 15.0 Å². The maximum atomic E-state index is 12.6. The number of halogens is 1. The normalized spacial score (nSPS) is 10.7. The Bertz CT molecular complexity index is 1060. The number of ether oxygens (including phenoxy) is 3. The van der Waals surface area contributed by atoms with E-state index in [1.165, 1.54) is 6.07 Å². The number of aromatic nitrogens is 1. The van der Waals surface area contributed by atoms with Crippen molar-refractivity contribution in [2.75, 3.05) is 13.2 Å². The number of fused-ring (bicyclic) bond motifs is 1. The molecule has 0 spiro atoms. The van der Waals surface area contributed by atoms with Crippen molar-refractivity contribution in [2.45, 2.75) is 20.5 Å². The summed E-state index contributed by atoms with van der Waals surface area (Å²) in [6.45, 7) is 4.80. The zero-order chi connectivity index (χ0) is 20.1. The molecule has 1 aromatic heterocycles. The Morgan fingerprint density at radius 1 is 1.04 bits per heavy atom. The molecule has 7 heteroatoms. The maximum Gasteiger partial charge on any atom is 0.339 e. The summed E-state index contributed by atoms with van der Waals surface area (Å²) in [7, 11) is 0. The van der Waals surface area contributed by atoms with Gasteiger partial charge in [0.2, 0.25) is 5.56 Å². The van der Waals surface area contributed by atoms with E-state index in [1.807, 2.05) is 13.8 Å². The number of para-hydroxylation sites is 1. The first kappa shape index (κ1) is 19.9. The Kier molecular flexibility index (Phi) is 6.36. The Hall–Kier alpha value is -2.80. The van der Waals surface area contributed by atoms with E-state index in [9.17, 15) is 9.59 Å². The molecule has 3 rings (SSSR count). The predicted molar refractivity (Wildman–Crippen MR) is 110 cm³/mol. The van der Waals surface area contributed by atoms with Gasteiger partial charge in [0.1, 0.15) is 6.61 Å². The molecule has 0 radical (unpaired) electrons. The summed E-state index contributed by atoms with van der Waals surface area (Å²) >= 11 is 3.48. The summed E-state index contributed by atoms with van der Waals surface area (Å²) in [6, 6.07) is 11.9. The number of pyridine rings is 1. The second kappa shape index (κ2) is 8.93. The Labute approximate surface area is 170 Å². The number of benzene rings is 2. The number of nitrogens with one attached hydrogen (secondary N) is 1. The van der Waals surface area contributed by atoms with Crippen LogP contribution in [0.5, 0.6) is 11.5 Å². The van der Waals surface area contributed by atoms with Crippen molar-refractivity contribution in [2.24, 2.45) is 0 Å². The molecule has 6 nitrogen and oxygen atoms in total. The minimum absolute atomic E-state index is 0.0209. The van der Waals surface area contributed by atoms with Crippen LogP contribution in [0.25, 0.3) is 10.9 Å². The summed E-state index contributed by atoms with van der Waals surface area (Å²) in [6.07, 6.45) is 0. The lowest BCUT2D eigenvalue weighted by molar-refractivity contribution is 0.0473. The van der Waals surface area contributed by atoms with E-state index in [-0.39, 0.29) is 17.7 Å². The van der Waals surface area contributed by atoms with Crippen LogP contribution in [0.4, 0.5) is 0 Å². The first-order chi connectivity index (χ1) is 13.5. The molecular weight excluding hydrogens is 426 g/mol. The zero-order valence-corrected chi connectivity index (χ0v) is 17.2. The second-order valence-electron chi connectivity index (χ2n) is 5.93. The monoisotopic (exact) mass is 445 g/mol. The van der Waals surface area contributed by atoms with Crippen LogP contribution in [0.15, 0.2) is 51.7 Å². The third-order valence-electron chi connectivity index (χ3n) is 4.04. The third-order valence-corrected chi connectivity index (χ3v) is 4.78. The van der Waals surface area contributed by atoms with Crippen LogP contribution in [0.1, 0.15) is 29.8 Å². The molecule has 0 saturated carbocycles. The summed E-state index contributed by atoms with van der Waals surface area (Å²) in [5.41, 5.74) is 1.19. The highest BCUT2D eigenvalue weighted by Crippen LogP contribution is 2.34. The Morgan fingerprint density at radius 2 is 1.71 bits per heavy atom. The second-order valence-corrected chi connectivity index (χ2v) is 6.78. The highest BCUT2D eigenvalue weighted by molar-refractivity contribution is 9.10. The first-order valence-corrected chi connectivity index (χ1v) is 9.70. The van der Waals surface area contributed by atoms with Crippen molar-refractivity contribution in [3.8, 4) is 11.5 Å². The van der Waals surface area contributed by atoms with Gasteiger partial charge in [-0.05, 0) is 32.0 Å². The summed E-state index contributed by atoms with van der Waals surface area (Å²) < 4.78 is 17.4. The van der Waals surface area contributed by atoms with Gasteiger partial charge in [0.25, 0.3) is 0 Å².